The van der Waals surface area contributed by atoms with E-state index in [1.165, 1.54) is 5.56 Å². The first-order chi connectivity index (χ1) is 9.75. The molecule has 0 atom stereocenters. The summed E-state index contributed by atoms with van der Waals surface area (Å²) in [6.45, 7) is 0. The molecule has 0 aromatic heterocycles. The fourth-order valence-electron chi connectivity index (χ4n) is 2.56. The molecule has 0 aliphatic carbocycles. The minimum Gasteiger partial charge on any atom is -0.478 e. The second kappa shape index (κ2) is 5.17. The van der Waals surface area contributed by atoms with Gasteiger partial charge in [-0.3, -0.25) is 0 Å². The molecule has 3 aromatic carbocycles. The quantitative estimate of drug-likeness (QED) is 0.770. The van der Waals surface area contributed by atoms with Crippen LogP contribution in [0.15, 0.2) is 66.7 Å². The molecule has 98 valence electrons. The Kier molecular flexibility index (Phi) is 3.21. The smallest absolute Gasteiger partial charge is 0.336 e. The van der Waals surface area contributed by atoms with E-state index in [1.54, 1.807) is 12.1 Å². The first kappa shape index (κ1) is 12.4. The Morgan fingerprint density at radius 1 is 0.850 bits per heavy atom. The molecule has 3 aromatic rings. The Hall–Kier alpha value is -2.61. The van der Waals surface area contributed by atoms with Gasteiger partial charge in [-0.15, -0.1) is 0 Å². The van der Waals surface area contributed by atoms with Gasteiger partial charge in [0.2, 0.25) is 0 Å². The summed E-state index contributed by atoms with van der Waals surface area (Å²) >= 11 is 0. The van der Waals surface area contributed by atoms with Crippen LogP contribution in [0.25, 0.3) is 10.8 Å². The number of hydrogen-bond acceptors (Lipinski definition) is 1. The topological polar surface area (TPSA) is 37.3 Å². The van der Waals surface area contributed by atoms with Crippen LogP contribution in [0.2, 0.25) is 0 Å². The van der Waals surface area contributed by atoms with E-state index in [-0.39, 0.29) is 0 Å². The molecule has 3 rings (SSSR count). The molecule has 0 spiro atoms. The van der Waals surface area contributed by atoms with E-state index in [2.05, 4.69) is 12.1 Å². The van der Waals surface area contributed by atoms with Crippen molar-refractivity contribution in [1.29, 1.82) is 0 Å². The molecule has 20 heavy (non-hydrogen) atoms. The Morgan fingerprint density at radius 2 is 1.55 bits per heavy atom. The molecule has 0 radical (unpaired) electrons. The van der Waals surface area contributed by atoms with E-state index >= 15 is 0 Å². The first-order valence-corrected chi connectivity index (χ1v) is 6.53. The third-order valence-corrected chi connectivity index (χ3v) is 3.46. The van der Waals surface area contributed by atoms with Gasteiger partial charge < -0.3 is 5.11 Å². The summed E-state index contributed by atoms with van der Waals surface area (Å²) in [4.78, 5) is 11.4. The van der Waals surface area contributed by atoms with Crippen LogP contribution in [0.1, 0.15) is 21.5 Å². The fraction of sp³-hybridized carbons (Fsp3) is 0.0556. The van der Waals surface area contributed by atoms with Crippen LogP contribution in [-0.4, -0.2) is 11.1 Å². The Labute approximate surface area is 117 Å². The highest BCUT2D eigenvalue weighted by Gasteiger charge is 2.11. The maximum Gasteiger partial charge on any atom is 0.336 e. The van der Waals surface area contributed by atoms with Gasteiger partial charge in [-0.25, -0.2) is 4.79 Å². The van der Waals surface area contributed by atoms with Gasteiger partial charge in [0.25, 0.3) is 0 Å². The zero-order valence-electron chi connectivity index (χ0n) is 10.9. The molecule has 1 N–H and O–H groups in total. The van der Waals surface area contributed by atoms with E-state index < -0.39 is 5.97 Å². The Balaban J connectivity index is 2.18. The molecule has 0 aliphatic heterocycles. The lowest BCUT2D eigenvalue weighted by Crippen LogP contribution is -2.00. The molecular formula is C18H14O2. The first-order valence-electron chi connectivity index (χ1n) is 6.53. The SMILES string of the molecule is O=C(O)c1cccc2cccc(Cc3ccccc3)c12. The number of benzene rings is 3. The average Bonchev–Trinajstić information content (AvgIpc) is 2.48. The Morgan fingerprint density at radius 3 is 2.25 bits per heavy atom. The van der Waals surface area contributed by atoms with Gasteiger partial charge >= 0.3 is 5.97 Å². The van der Waals surface area contributed by atoms with Crippen molar-refractivity contribution in [2.24, 2.45) is 0 Å². The third kappa shape index (κ3) is 2.28. The summed E-state index contributed by atoms with van der Waals surface area (Å²) in [5, 5.41) is 11.2. The molecular weight excluding hydrogens is 248 g/mol. The molecule has 0 heterocycles. The third-order valence-electron chi connectivity index (χ3n) is 3.46. The maximum atomic E-state index is 11.4. The van der Waals surface area contributed by atoms with Gasteiger partial charge in [0, 0.05) is 0 Å². The van der Waals surface area contributed by atoms with Gasteiger partial charge in [0.15, 0.2) is 0 Å². The minimum absolute atomic E-state index is 0.369. The maximum absolute atomic E-state index is 11.4. The molecule has 0 fully saturated rings. The van der Waals surface area contributed by atoms with Crippen molar-refractivity contribution < 1.29 is 9.90 Å². The standard InChI is InChI=1S/C18H14O2/c19-18(20)16-11-5-9-14-8-4-10-15(17(14)16)12-13-6-2-1-3-7-13/h1-11H,12H2,(H,19,20). The predicted molar refractivity (Wildman–Crippen MR) is 80.2 cm³/mol. The number of carbonyl (C=O) groups is 1. The number of carboxylic acids is 1. The van der Waals surface area contributed by atoms with Gasteiger partial charge in [0.05, 0.1) is 5.56 Å². The number of aromatic carboxylic acids is 1. The van der Waals surface area contributed by atoms with Gasteiger partial charge in [0.1, 0.15) is 0 Å². The normalized spacial score (nSPS) is 10.6. The van der Waals surface area contributed by atoms with Gasteiger partial charge in [-0.1, -0.05) is 60.7 Å². The average molecular weight is 262 g/mol. The molecule has 0 amide bonds. The van der Waals surface area contributed by atoms with Crippen molar-refractivity contribution in [3.63, 3.8) is 0 Å². The minimum atomic E-state index is -0.879. The summed E-state index contributed by atoms with van der Waals surface area (Å²) in [6.07, 6.45) is 0.739. The van der Waals surface area contributed by atoms with Crippen LogP contribution in [0.5, 0.6) is 0 Å². The van der Waals surface area contributed by atoms with E-state index in [0.29, 0.717) is 5.56 Å². The molecule has 2 nitrogen and oxygen atoms in total. The van der Waals surface area contributed by atoms with Crippen LogP contribution in [0.3, 0.4) is 0 Å². The number of carboxylic acid groups (broad SMARTS) is 1. The van der Waals surface area contributed by atoms with Crippen LogP contribution in [0.4, 0.5) is 0 Å². The van der Waals surface area contributed by atoms with E-state index in [4.69, 9.17) is 0 Å². The van der Waals surface area contributed by atoms with E-state index in [9.17, 15) is 9.90 Å². The van der Waals surface area contributed by atoms with Crippen molar-refractivity contribution in [3.8, 4) is 0 Å². The van der Waals surface area contributed by atoms with E-state index in [0.717, 1.165) is 22.8 Å². The largest absolute Gasteiger partial charge is 0.478 e. The summed E-state index contributed by atoms with van der Waals surface area (Å²) in [5.41, 5.74) is 2.60. The highest BCUT2D eigenvalue weighted by Crippen LogP contribution is 2.25. The Bertz CT molecular complexity index is 755. The lowest BCUT2D eigenvalue weighted by atomic mass is 9.95. The summed E-state index contributed by atoms with van der Waals surface area (Å²) in [5.74, 6) is -0.879. The number of hydrogen-bond donors (Lipinski definition) is 1. The predicted octanol–water partition coefficient (Wildman–Crippen LogP) is 4.13. The zero-order valence-corrected chi connectivity index (χ0v) is 10.9. The molecule has 0 aliphatic rings. The summed E-state index contributed by atoms with van der Waals surface area (Å²) < 4.78 is 0. The molecule has 0 bridgehead atoms. The summed E-state index contributed by atoms with van der Waals surface area (Å²) in [7, 11) is 0. The molecule has 2 heteroatoms. The van der Waals surface area contributed by atoms with Gasteiger partial charge in [-0.05, 0) is 34.4 Å². The van der Waals surface area contributed by atoms with Crippen molar-refractivity contribution in [1.82, 2.24) is 0 Å². The fourth-order valence-corrected chi connectivity index (χ4v) is 2.56. The molecule has 0 unspecified atom stereocenters. The highest BCUT2D eigenvalue weighted by atomic mass is 16.4. The lowest BCUT2D eigenvalue weighted by molar-refractivity contribution is 0.0699. The van der Waals surface area contributed by atoms with Crippen LogP contribution in [-0.2, 0) is 6.42 Å². The number of fused-ring (bicyclic) bond motifs is 1. The second-order valence-electron chi connectivity index (χ2n) is 4.79. The van der Waals surface area contributed by atoms with Crippen molar-refractivity contribution in [2.75, 3.05) is 0 Å². The van der Waals surface area contributed by atoms with Crippen molar-refractivity contribution >= 4 is 16.7 Å². The van der Waals surface area contributed by atoms with E-state index in [1.807, 2.05) is 42.5 Å². The number of rotatable bonds is 3. The molecule has 0 saturated heterocycles. The second-order valence-corrected chi connectivity index (χ2v) is 4.79. The van der Waals surface area contributed by atoms with Crippen LogP contribution >= 0.6 is 0 Å². The van der Waals surface area contributed by atoms with Crippen molar-refractivity contribution in [3.05, 3.63) is 83.4 Å². The zero-order chi connectivity index (χ0) is 13.9. The lowest BCUT2D eigenvalue weighted by Gasteiger charge is -2.09. The van der Waals surface area contributed by atoms with Crippen LogP contribution in [0, 0.1) is 0 Å². The van der Waals surface area contributed by atoms with Gasteiger partial charge in [-0.2, -0.15) is 0 Å². The summed E-state index contributed by atoms with van der Waals surface area (Å²) in [6, 6.07) is 21.4. The molecule has 0 saturated carbocycles. The van der Waals surface area contributed by atoms with Crippen molar-refractivity contribution in [2.45, 2.75) is 6.42 Å². The highest BCUT2D eigenvalue weighted by molar-refractivity contribution is 6.05. The monoisotopic (exact) mass is 262 g/mol. The van der Waals surface area contributed by atoms with Crippen LogP contribution < -0.4 is 0 Å².